The first-order valence-electron chi connectivity index (χ1n) is 10.0. The van der Waals surface area contributed by atoms with Crippen molar-refractivity contribution in [2.45, 2.75) is 32.6 Å². The Morgan fingerprint density at radius 3 is 2.72 bits per heavy atom. The largest absolute Gasteiger partial charge is 0.496 e. The summed E-state index contributed by atoms with van der Waals surface area (Å²) in [5, 5.41) is 4.67. The molecule has 2 heterocycles. The highest BCUT2D eigenvalue weighted by Gasteiger charge is 2.42. The van der Waals surface area contributed by atoms with E-state index in [0.717, 1.165) is 51.2 Å². The maximum absolute atomic E-state index is 13.4. The number of fused-ring (bicyclic) bond motifs is 3. The van der Waals surface area contributed by atoms with E-state index in [1.165, 1.54) is 0 Å². The van der Waals surface area contributed by atoms with Gasteiger partial charge in [-0.3, -0.25) is 9.78 Å². The third-order valence-corrected chi connectivity index (χ3v) is 6.06. The third kappa shape index (κ3) is 2.82. The van der Waals surface area contributed by atoms with E-state index in [1.807, 2.05) is 36.5 Å². The molecule has 1 atom stereocenters. The van der Waals surface area contributed by atoms with Crippen LogP contribution in [0.3, 0.4) is 0 Å². The van der Waals surface area contributed by atoms with Gasteiger partial charge in [-0.1, -0.05) is 38.1 Å². The van der Waals surface area contributed by atoms with Gasteiger partial charge in [0.25, 0.3) is 0 Å². The molecule has 1 aliphatic heterocycles. The van der Waals surface area contributed by atoms with Crippen LogP contribution in [0.15, 0.2) is 66.0 Å². The SMILES string of the molecule is COc1ccccc1[C@H]1C2=C(CC(C)(C)CC2=O)Nc2ccc3ncccc3c21. The number of hydrogen-bond donors (Lipinski definition) is 1. The average molecular weight is 384 g/mol. The van der Waals surface area contributed by atoms with Crippen LogP contribution >= 0.6 is 0 Å². The quantitative estimate of drug-likeness (QED) is 0.639. The Morgan fingerprint density at radius 2 is 1.90 bits per heavy atom. The zero-order chi connectivity index (χ0) is 20.2. The number of methoxy groups -OCH3 is 1. The van der Waals surface area contributed by atoms with Crippen molar-refractivity contribution in [1.29, 1.82) is 0 Å². The van der Waals surface area contributed by atoms with Crippen LogP contribution in [-0.2, 0) is 4.79 Å². The molecule has 29 heavy (non-hydrogen) atoms. The smallest absolute Gasteiger partial charge is 0.162 e. The highest BCUT2D eigenvalue weighted by atomic mass is 16.5. The molecule has 0 spiro atoms. The van der Waals surface area contributed by atoms with Gasteiger partial charge in [-0.05, 0) is 41.7 Å². The van der Waals surface area contributed by atoms with Crippen molar-refractivity contribution in [3.63, 3.8) is 0 Å². The van der Waals surface area contributed by atoms with Crippen LogP contribution in [0.5, 0.6) is 5.75 Å². The average Bonchev–Trinajstić information content (AvgIpc) is 2.71. The van der Waals surface area contributed by atoms with Crippen molar-refractivity contribution in [3.05, 3.63) is 77.1 Å². The van der Waals surface area contributed by atoms with Gasteiger partial charge in [-0.2, -0.15) is 0 Å². The van der Waals surface area contributed by atoms with Gasteiger partial charge < -0.3 is 10.1 Å². The number of ketones is 1. The summed E-state index contributed by atoms with van der Waals surface area (Å²) in [6.45, 7) is 4.32. The van der Waals surface area contributed by atoms with Crippen molar-refractivity contribution in [2.24, 2.45) is 5.41 Å². The first-order valence-corrected chi connectivity index (χ1v) is 10.0. The molecule has 0 amide bonds. The lowest BCUT2D eigenvalue weighted by atomic mass is 9.68. The summed E-state index contributed by atoms with van der Waals surface area (Å²) in [4.78, 5) is 18.0. The minimum absolute atomic E-state index is 0.0514. The highest BCUT2D eigenvalue weighted by Crippen LogP contribution is 2.52. The van der Waals surface area contributed by atoms with Crippen LogP contribution in [-0.4, -0.2) is 17.9 Å². The Hall–Kier alpha value is -3.14. The van der Waals surface area contributed by atoms with Crippen molar-refractivity contribution in [3.8, 4) is 5.75 Å². The second-order valence-corrected chi connectivity index (χ2v) is 8.73. The fraction of sp³-hybridized carbons (Fsp3) is 0.280. The zero-order valence-corrected chi connectivity index (χ0v) is 17.0. The number of Topliss-reactive ketones (excluding diaryl/α,β-unsaturated/α-hetero) is 1. The van der Waals surface area contributed by atoms with Crippen LogP contribution in [0.1, 0.15) is 43.7 Å². The third-order valence-electron chi connectivity index (χ3n) is 6.06. The molecule has 0 fully saturated rings. The Balaban J connectivity index is 1.84. The number of para-hydroxylation sites is 1. The molecule has 0 unspecified atom stereocenters. The molecule has 0 bridgehead atoms. The van der Waals surface area contributed by atoms with Crippen LogP contribution in [0.4, 0.5) is 5.69 Å². The first kappa shape index (κ1) is 17.9. The second kappa shape index (κ2) is 6.45. The van der Waals surface area contributed by atoms with Gasteiger partial charge in [0.05, 0.1) is 12.6 Å². The van der Waals surface area contributed by atoms with Crippen molar-refractivity contribution >= 4 is 22.4 Å². The van der Waals surface area contributed by atoms with E-state index in [1.54, 1.807) is 7.11 Å². The van der Waals surface area contributed by atoms with Gasteiger partial charge in [0.2, 0.25) is 0 Å². The van der Waals surface area contributed by atoms with Gasteiger partial charge in [-0.25, -0.2) is 0 Å². The van der Waals surface area contributed by atoms with E-state index in [9.17, 15) is 4.79 Å². The topological polar surface area (TPSA) is 51.2 Å². The number of rotatable bonds is 2. The molecule has 2 aliphatic rings. The van der Waals surface area contributed by atoms with Gasteiger partial charge in [-0.15, -0.1) is 0 Å². The molecular formula is C25H24N2O2. The minimum Gasteiger partial charge on any atom is -0.496 e. The molecule has 5 rings (SSSR count). The van der Waals surface area contributed by atoms with E-state index < -0.39 is 0 Å². The summed E-state index contributed by atoms with van der Waals surface area (Å²) < 4.78 is 5.71. The maximum Gasteiger partial charge on any atom is 0.162 e. The number of pyridine rings is 1. The molecule has 4 heteroatoms. The molecule has 1 aliphatic carbocycles. The highest BCUT2D eigenvalue weighted by molar-refractivity contribution is 6.04. The molecule has 0 saturated heterocycles. The van der Waals surface area contributed by atoms with Gasteiger partial charge >= 0.3 is 0 Å². The Kier molecular flexibility index (Phi) is 3.98. The van der Waals surface area contributed by atoms with Gasteiger partial charge in [0.1, 0.15) is 5.75 Å². The van der Waals surface area contributed by atoms with Crippen molar-refractivity contribution in [1.82, 2.24) is 4.98 Å². The van der Waals surface area contributed by atoms with E-state index in [2.05, 4.69) is 42.3 Å². The number of benzene rings is 2. The zero-order valence-electron chi connectivity index (χ0n) is 17.0. The fourth-order valence-electron chi connectivity index (χ4n) is 4.90. The molecule has 4 nitrogen and oxygen atoms in total. The molecule has 0 saturated carbocycles. The molecule has 1 N–H and O–H groups in total. The molecule has 2 aromatic carbocycles. The number of aromatic nitrogens is 1. The summed E-state index contributed by atoms with van der Waals surface area (Å²) in [6, 6.07) is 16.2. The van der Waals surface area contributed by atoms with E-state index >= 15 is 0 Å². The van der Waals surface area contributed by atoms with Crippen LogP contribution < -0.4 is 10.1 Å². The van der Waals surface area contributed by atoms with Crippen molar-refractivity contribution < 1.29 is 9.53 Å². The molecular weight excluding hydrogens is 360 g/mol. The summed E-state index contributed by atoms with van der Waals surface area (Å²) in [7, 11) is 1.69. The lowest BCUT2D eigenvalue weighted by molar-refractivity contribution is -0.118. The second-order valence-electron chi connectivity index (χ2n) is 8.73. The van der Waals surface area contributed by atoms with Gasteiger partial charge in [0, 0.05) is 46.4 Å². The Bertz CT molecular complexity index is 1180. The van der Waals surface area contributed by atoms with Crippen molar-refractivity contribution in [2.75, 3.05) is 12.4 Å². The number of carbonyl (C=O) groups is 1. The normalized spacial score (nSPS) is 20.1. The predicted molar refractivity (Wildman–Crippen MR) is 115 cm³/mol. The Morgan fingerprint density at radius 1 is 1.07 bits per heavy atom. The van der Waals surface area contributed by atoms with E-state index in [4.69, 9.17) is 4.74 Å². The standard InChI is InChI=1S/C25H24N2O2/c1-25(2)13-19-24(20(28)14-25)23(16-7-4-5-9-21(16)29-3)22-15-8-6-12-26-17(15)10-11-18(22)27-19/h4-12,23,27H,13-14H2,1-3H3/t23-/m1/s1. The number of allylic oxidation sites excluding steroid dienone is 2. The number of nitrogens with one attached hydrogen (secondary N) is 1. The fourth-order valence-corrected chi connectivity index (χ4v) is 4.90. The van der Waals surface area contributed by atoms with E-state index in [-0.39, 0.29) is 17.1 Å². The first-order chi connectivity index (χ1) is 14.0. The summed E-state index contributed by atoms with van der Waals surface area (Å²) in [5.41, 5.74) is 5.97. The lowest BCUT2D eigenvalue weighted by Gasteiger charge is -2.40. The summed E-state index contributed by atoms with van der Waals surface area (Å²) in [6.07, 6.45) is 3.21. The maximum atomic E-state index is 13.4. The number of carbonyl (C=O) groups excluding carboxylic acids is 1. The van der Waals surface area contributed by atoms with Crippen LogP contribution in [0.25, 0.3) is 10.9 Å². The van der Waals surface area contributed by atoms with Gasteiger partial charge in [0.15, 0.2) is 5.78 Å². The number of anilines is 1. The molecule has 1 aromatic heterocycles. The van der Waals surface area contributed by atoms with Crippen LogP contribution in [0.2, 0.25) is 0 Å². The summed E-state index contributed by atoms with van der Waals surface area (Å²) in [5.74, 6) is 0.843. The number of nitrogens with zero attached hydrogens (tertiary/aromatic N) is 1. The lowest BCUT2D eigenvalue weighted by Crippen LogP contribution is -2.34. The van der Waals surface area contributed by atoms with E-state index in [0.29, 0.717) is 6.42 Å². The van der Waals surface area contributed by atoms with Crippen LogP contribution in [0, 0.1) is 5.41 Å². The minimum atomic E-state index is -0.172. The summed E-state index contributed by atoms with van der Waals surface area (Å²) >= 11 is 0. The number of hydrogen-bond acceptors (Lipinski definition) is 4. The predicted octanol–water partition coefficient (Wildman–Crippen LogP) is 5.44. The Labute approximate surface area is 170 Å². The monoisotopic (exact) mass is 384 g/mol. The number of ether oxygens (including phenoxy) is 1. The molecule has 0 radical (unpaired) electrons. The molecule has 146 valence electrons. The molecule has 3 aromatic rings.